The molecule has 0 N–H and O–H groups in total. The summed E-state index contributed by atoms with van der Waals surface area (Å²) in [6.45, 7) is 1.63. The Hall–Kier alpha value is -2.55. The minimum atomic E-state index is -0.593. The summed E-state index contributed by atoms with van der Waals surface area (Å²) in [5, 5.41) is 8.19. The van der Waals surface area contributed by atoms with Crippen LogP contribution in [0.4, 0.5) is 9.18 Å². The van der Waals surface area contributed by atoms with Gasteiger partial charge in [-0.3, -0.25) is 9.69 Å². The molecule has 0 spiro atoms. The third-order valence-electron chi connectivity index (χ3n) is 3.77. The average molecular weight is 362 g/mol. The van der Waals surface area contributed by atoms with Crippen molar-refractivity contribution in [1.29, 1.82) is 0 Å². The van der Waals surface area contributed by atoms with E-state index in [4.69, 9.17) is 4.42 Å². The summed E-state index contributed by atoms with van der Waals surface area (Å²) in [4.78, 5) is 28.5. The van der Waals surface area contributed by atoms with Crippen molar-refractivity contribution in [2.24, 2.45) is 10.9 Å². The molecule has 0 saturated heterocycles. The molecule has 7 nitrogen and oxygen atoms in total. The third-order valence-corrected chi connectivity index (χ3v) is 4.66. The van der Waals surface area contributed by atoms with Crippen LogP contribution in [0.5, 0.6) is 0 Å². The molecule has 1 aromatic heterocycles. The van der Waals surface area contributed by atoms with Crippen LogP contribution in [0.25, 0.3) is 0 Å². The summed E-state index contributed by atoms with van der Waals surface area (Å²) in [5.41, 5.74) is 1.23. The van der Waals surface area contributed by atoms with Crippen molar-refractivity contribution in [3.05, 3.63) is 41.5 Å². The van der Waals surface area contributed by atoms with E-state index in [0.29, 0.717) is 16.7 Å². The molecule has 3 amide bonds. The zero-order chi connectivity index (χ0) is 18.0. The van der Waals surface area contributed by atoms with Gasteiger partial charge in [0.25, 0.3) is 5.22 Å². The van der Waals surface area contributed by atoms with Crippen molar-refractivity contribution in [2.45, 2.75) is 24.3 Å². The molecular weight excluding hydrogens is 347 g/mol. The van der Waals surface area contributed by atoms with Crippen molar-refractivity contribution in [2.75, 3.05) is 7.05 Å². The van der Waals surface area contributed by atoms with Crippen LogP contribution in [0, 0.1) is 11.7 Å². The Morgan fingerprint density at radius 1 is 1.32 bits per heavy atom. The van der Waals surface area contributed by atoms with Gasteiger partial charge in [0.1, 0.15) is 5.82 Å². The maximum absolute atomic E-state index is 13.2. The molecular formula is C16H15FN4O3S. The Labute approximate surface area is 147 Å². The summed E-state index contributed by atoms with van der Waals surface area (Å²) in [6, 6.07) is 5.69. The zero-order valence-corrected chi connectivity index (χ0v) is 14.4. The lowest BCUT2D eigenvalue weighted by molar-refractivity contribution is -0.129. The number of thioether (sulfide) groups is 1. The van der Waals surface area contributed by atoms with Crippen molar-refractivity contribution in [3.8, 4) is 0 Å². The number of aliphatic imine (C=N–C) groups is 1. The maximum atomic E-state index is 13.2. The Balaban J connectivity index is 1.64. The van der Waals surface area contributed by atoms with Gasteiger partial charge in [0.15, 0.2) is 0 Å². The van der Waals surface area contributed by atoms with Crippen LogP contribution < -0.4 is 0 Å². The first-order valence-electron chi connectivity index (χ1n) is 7.50. The summed E-state index contributed by atoms with van der Waals surface area (Å²) < 4.78 is 18.7. The van der Waals surface area contributed by atoms with E-state index in [9.17, 15) is 14.0 Å². The molecule has 0 fully saturated rings. The topological polar surface area (TPSA) is 88.7 Å². The second-order valence-electron chi connectivity index (χ2n) is 5.57. The Kier molecular flexibility index (Phi) is 4.93. The van der Waals surface area contributed by atoms with Crippen molar-refractivity contribution in [3.63, 3.8) is 0 Å². The van der Waals surface area contributed by atoms with Gasteiger partial charge in [-0.05, 0) is 24.6 Å². The molecule has 0 radical (unpaired) electrons. The van der Waals surface area contributed by atoms with Crippen LogP contribution in [0.3, 0.4) is 0 Å². The van der Waals surface area contributed by atoms with Crippen molar-refractivity contribution < 1.29 is 18.4 Å². The van der Waals surface area contributed by atoms with Crippen LogP contribution in [-0.4, -0.2) is 39.8 Å². The van der Waals surface area contributed by atoms with Crippen LogP contribution in [0.1, 0.15) is 18.4 Å². The summed E-state index contributed by atoms with van der Waals surface area (Å²) in [6.07, 6.45) is 0.180. The number of carbonyl (C=O) groups excluding carboxylic acids is 2. The molecule has 1 aliphatic rings. The Morgan fingerprint density at radius 3 is 2.88 bits per heavy atom. The monoisotopic (exact) mass is 362 g/mol. The van der Waals surface area contributed by atoms with Gasteiger partial charge in [0.2, 0.25) is 11.8 Å². The second-order valence-corrected chi connectivity index (χ2v) is 6.50. The number of carbonyl (C=O) groups is 2. The minimum Gasteiger partial charge on any atom is -0.416 e. The van der Waals surface area contributed by atoms with Crippen LogP contribution in [-0.2, 0) is 17.0 Å². The van der Waals surface area contributed by atoms with E-state index in [1.807, 2.05) is 0 Å². The first-order valence-corrected chi connectivity index (χ1v) is 8.49. The number of aromatic nitrogens is 2. The number of imide groups is 1. The normalized spacial score (nSPS) is 17.8. The number of urea groups is 1. The highest BCUT2D eigenvalue weighted by Crippen LogP contribution is 2.24. The fourth-order valence-corrected chi connectivity index (χ4v) is 3.09. The van der Waals surface area contributed by atoms with E-state index in [1.54, 1.807) is 19.1 Å². The molecule has 1 aromatic carbocycles. The molecule has 0 saturated carbocycles. The molecule has 2 aromatic rings. The van der Waals surface area contributed by atoms with Crippen molar-refractivity contribution in [1.82, 2.24) is 15.1 Å². The number of nitrogens with zero attached hydrogens (tertiary/aromatic N) is 4. The van der Waals surface area contributed by atoms with Crippen LogP contribution >= 0.6 is 11.8 Å². The van der Waals surface area contributed by atoms with Gasteiger partial charge in [0.05, 0.1) is 5.92 Å². The highest BCUT2D eigenvalue weighted by Gasteiger charge is 2.34. The zero-order valence-electron chi connectivity index (χ0n) is 13.6. The molecule has 25 heavy (non-hydrogen) atoms. The first kappa shape index (κ1) is 17.3. The van der Waals surface area contributed by atoms with Gasteiger partial charge < -0.3 is 4.42 Å². The van der Waals surface area contributed by atoms with Gasteiger partial charge >= 0.3 is 6.03 Å². The van der Waals surface area contributed by atoms with E-state index < -0.39 is 11.9 Å². The lowest BCUT2D eigenvalue weighted by Gasteiger charge is -2.24. The number of rotatable bonds is 5. The number of hydrogen-bond acceptors (Lipinski definition) is 6. The molecule has 1 atom stereocenters. The number of halogens is 1. The molecule has 130 valence electrons. The molecule has 0 aliphatic carbocycles. The van der Waals surface area contributed by atoms with Crippen LogP contribution in [0.15, 0.2) is 38.9 Å². The number of hydrogen-bond donors (Lipinski definition) is 0. The molecule has 0 bridgehead atoms. The Morgan fingerprint density at radius 2 is 2.12 bits per heavy atom. The third kappa shape index (κ3) is 3.93. The van der Waals surface area contributed by atoms with Gasteiger partial charge in [0, 0.05) is 24.9 Å². The number of benzene rings is 1. The lowest BCUT2D eigenvalue weighted by atomic mass is 9.97. The SMILES string of the molecule is CC1=NC(=O)N(C)C(=O)C1Cc1nnc(SCc2cccc(F)c2)o1. The van der Waals surface area contributed by atoms with E-state index in [-0.39, 0.29) is 24.0 Å². The molecule has 2 heterocycles. The Bertz CT molecular complexity index is 851. The first-order chi connectivity index (χ1) is 11.9. The quantitative estimate of drug-likeness (QED) is 0.760. The van der Waals surface area contributed by atoms with Gasteiger partial charge in [-0.25, -0.2) is 14.2 Å². The highest BCUT2D eigenvalue weighted by molar-refractivity contribution is 7.98. The molecule has 3 rings (SSSR count). The second kappa shape index (κ2) is 7.14. The molecule has 1 unspecified atom stereocenters. The predicted octanol–water partition coefficient (Wildman–Crippen LogP) is 2.71. The molecule has 1 aliphatic heterocycles. The van der Waals surface area contributed by atoms with Gasteiger partial charge in [-0.2, -0.15) is 0 Å². The van der Waals surface area contributed by atoms with Crippen molar-refractivity contribution >= 4 is 29.4 Å². The standard InChI is InChI=1S/C16H15FN4O3S/c1-9-12(14(22)21(2)15(23)18-9)7-13-19-20-16(24-13)25-8-10-4-3-5-11(17)6-10/h3-6,12H,7-8H2,1-2H3. The predicted molar refractivity (Wildman–Crippen MR) is 88.7 cm³/mol. The van der Waals surface area contributed by atoms with E-state index in [2.05, 4.69) is 15.2 Å². The van der Waals surface area contributed by atoms with E-state index in [1.165, 1.54) is 30.9 Å². The van der Waals surface area contributed by atoms with Gasteiger partial charge in [-0.1, -0.05) is 23.9 Å². The van der Waals surface area contributed by atoms with Crippen LogP contribution in [0.2, 0.25) is 0 Å². The largest absolute Gasteiger partial charge is 0.416 e. The lowest BCUT2D eigenvalue weighted by Crippen LogP contribution is -2.44. The highest BCUT2D eigenvalue weighted by atomic mass is 32.2. The van der Waals surface area contributed by atoms with E-state index >= 15 is 0 Å². The average Bonchev–Trinajstić information content (AvgIpc) is 3.03. The minimum absolute atomic E-state index is 0.180. The van der Waals surface area contributed by atoms with E-state index in [0.717, 1.165) is 10.5 Å². The maximum Gasteiger partial charge on any atom is 0.349 e. The fourth-order valence-electron chi connectivity index (χ4n) is 2.37. The molecule has 9 heteroatoms. The fraction of sp³-hybridized carbons (Fsp3) is 0.312. The summed E-state index contributed by atoms with van der Waals surface area (Å²) in [7, 11) is 1.39. The summed E-state index contributed by atoms with van der Waals surface area (Å²) in [5.74, 6) is -0.459. The van der Waals surface area contributed by atoms with Gasteiger partial charge in [-0.15, -0.1) is 10.2 Å². The summed E-state index contributed by atoms with van der Waals surface area (Å²) >= 11 is 1.28. The number of amides is 3. The smallest absolute Gasteiger partial charge is 0.349 e.